The Kier molecular flexibility index (Phi) is 29.9. The van der Waals surface area contributed by atoms with Crippen LogP contribution in [-0.4, -0.2) is 66.1 Å². The number of nitrogens with zero attached hydrogens (tertiary/aromatic N) is 2. The number of likely N-dealkylation sites (tertiary alicyclic amines) is 1. The standard InChI is InChI=1S/C18H29N3.C10H14O3.C6H14O.2C2H6/c1-2-3-12-21-13-10-15(14-21)6-8-17-9-7-16-5-4-11-19-18(16)20-17;1-4-7(3)8(5-2)9(11)6-10(12)13;1-3-5-7-6-4-2;2*1-2/h7,9,15H,2-6,8,10-14H2,1H3,(H,19,20);4-5H,6H2,1-3H3,(H,12,13);3-6H2,1-2H3;2*1-2H3/b;7-4-,8-5+;;;. The summed E-state index contributed by atoms with van der Waals surface area (Å²) in [6, 6.07) is 4.53. The summed E-state index contributed by atoms with van der Waals surface area (Å²) < 4.78 is 5.13. The second kappa shape index (κ2) is 30.2. The van der Waals surface area contributed by atoms with Gasteiger partial charge in [-0.3, -0.25) is 9.59 Å². The molecule has 1 unspecified atom stereocenters. The molecule has 2 aliphatic rings. The van der Waals surface area contributed by atoms with E-state index in [1.165, 1.54) is 69.4 Å². The van der Waals surface area contributed by atoms with E-state index >= 15 is 0 Å². The Bertz CT molecular complexity index is 954. The number of Topliss-reactive ketones (excluding diaryl/α,β-unsaturated/α-hetero) is 1. The largest absolute Gasteiger partial charge is 0.481 e. The smallest absolute Gasteiger partial charge is 0.311 e. The van der Waals surface area contributed by atoms with Crippen molar-refractivity contribution < 1.29 is 19.4 Å². The van der Waals surface area contributed by atoms with Gasteiger partial charge < -0.3 is 20.1 Å². The van der Waals surface area contributed by atoms with Crippen LogP contribution in [0.15, 0.2) is 35.4 Å². The quantitative estimate of drug-likeness (QED) is 0.0915. The highest BCUT2D eigenvalue weighted by Crippen LogP contribution is 2.24. The van der Waals surface area contributed by atoms with E-state index in [1.54, 1.807) is 26.0 Å². The van der Waals surface area contributed by atoms with E-state index in [1.807, 2.05) is 34.6 Å². The number of ketones is 1. The van der Waals surface area contributed by atoms with E-state index in [9.17, 15) is 9.59 Å². The second-order valence-electron chi connectivity index (χ2n) is 11.0. The zero-order chi connectivity index (χ0) is 34.5. The number of aromatic nitrogens is 1. The number of aryl methyl sites for hydroxylation is 2. The van der Waals surface area contributed by atoms with Crippen LogP contribution in [0, 0.1) is 5.92 Å². The third-order valence-corrected chi connectivity index (χ3v) is 7.41. The van der Waals surface area contributed by atoms with E-state index in [0.29, 0.717) is 5.57 Å². The lowest BCUT2D eigenvalue weighted by Gasteiger charge is -2.18. The average Bonchev–Trinajstić information content (AvgIpc) is 3.53. The van der Waals surface area contributed by atoms with Gasteiger partial charge in [-0.25, -0.2) is 4.98 Å². The van der Waals surface area contributed by atoms with Crippen molar-refractivity contribution in [3.63, 3.8) is 0 Å². The summed E-state index contributed by atoms with van der Waals surface area (Å²) in [7, 11) is 0. The van der Waals surface area contributed by atoms with Gasteiger partial charge in [0.05, 0.1) is 0 Å². The van der Waals surface area contributed by atoms with Crippen LogP contribution in [0.1, 0.15) is 132 Å². The Hall–Kier alpha value is -2.51. The van der Waals surface area contributed by atoms with Crippen LogP contribution in [0.25, 0.3) is 0 Å². The topological polar surface area (TPSA) is 91.8 Å². The molecule has 0 aliphatic carbocycles. The fraction of sp³-hybridized carbons (Fsp3) is 0.711. The molecule has 260 valence electrons. The number of aliphatic carboxylic acids is 1. The summed E-state index contributed by atoms with van der Waals surface area (Å²) in [6.45, 7) is 26.7. The lowest BCUT2D eigenvalue weighted by Crippen LogP contribution is -2.21. The Balaban J connectivity index is 0. The van der Waals surface area contributed by atoms with Gasteiger partial charge in [-0.2, -0.15) is 0 Å². The zero-order valence-corrected chi connectivity index (χ0v) is 30.8. The van der Waals surface area contributed by atoms with Gasteiger partial charge in [0.1, 0.15) is 12.2 Å². The number of carbonyl (C=O) groups is 2. The first-order valence-corrected chi connectivity index (χ1v) is 17.9. The van der Waals surface area contributed by atoms with Crippen molar-refractivity contribution in [3.8, 4) is 0 Å². The van der Waals surface area contributed by atoms with Crippen LogP contribution in [-0.2, 0) is 27.2 Å². The van der Waals surface area contributed by atoms with Crippen molar-refractivity contribution in [1.29, 1.82) is 0 Å². The van der Waals surface area contributed by atoms with Crippen LogP contribution in [0.5, 0.6) is 0 Å². The monoisotopic (exact) mass is 632 g/mol. The van der Waals surface area contributed by atoms with Gasteiger partial charge in [0.2, 0.25) is 0 Å². The number of pyridine rings is 1. The van der Waals surface area contributed by atoms with Crippen molar-refractivity contribution in [1.82, 2.24) is 9.88 Å². The predicted octanol–water partition coefficient (Wildman–Crippen LogP) is 9.31. The number of unbranched alkanes of at least 4 members (excludes halogenated alkanes) is 1. The van der Waals surface area contributed by atoms with Crippen molar-refractivity contribution in [2.24, 2.45) is 5.92 Å². The number of nitrogens with one attached hydrogen (secondary N) is 1. The third-order valence-electron chi connectivity index (χ3n) is 7.41. The first kappa shape index (κ1) is 44.6. The molecule has 1 aromatic rings. The number of rotatable bonds is 14. The van der Waals surface area contributed by atoms with Gasteiger partial charge >= 0.3 is 5.97 Å². The van der Waals surface area contributed by atoms with Gasteiger partial charge in [-0.1, -0.05) is 73.1 Å². The molecule has 0 saturated carbocycles. The molecule has 3 heterocycles. The van der Waals surface area contributed by atoms with Crippen molar-refractivity contribution in [3.05, 3.63) is 46.7 Å². The van der Waals surface area contributed by atoms with Crippen molar-refractivity contribution in [2.75, 3.05) is 44.7 Å². The molecule has 0 aromatic carbocycles. The lowest BCUT2D eigenvalue weighted by molar-refractivity contribution is -0.139. The number of hydrogen-bond acceptors (Lipinski definition) is 6. The maximum atomic E-state index is 11.3. The molecule has 0 amide bonds. The van der Waals surface area contributed by atoms with Crippen LogP contribution in [0.3, 0.4) is 0 Å². The van der Waals surface area contributed by atoms with Gasteiger partial charge in [0.25, 0.3) is 0 Å². The number of hydrogen-bond donors (Lipinski definition) is 2. The maximum Gasteiger partial charge on any atom is 0.311 e. The number of carboxylic acid groups (broad SMARTS) is 1. The van der Waals surface area contributed by atoms with Crippen LogP contribution >= 0.6 is 0 Å². The van der Waals surface area contributed by atoms with Gasteiger partial charge in [0.15, 0.2) is 5.78 Å². The molecule has 1 fully saturated rings. The Morgan fingerprint density at radius 1 is 1.04 bits per heavy atom. The molecule has 1 saturated heterocycles. The summed E-state index contributed by atoms with van der Waals surface area (Å²) in [5, 5.41) is 11.9. The summed E-state index contributed by atoms with van der Waals surface area (Å²) in [6.07, 6.45) is 14.2. The molecule has 1 aromatic heterocycles. The Morgan fingerprint density at radius 2 is 1.71 bits per heavy atom. The molecule has 2 aliphatic heterocycles. The highest BCUT2D eigenvalue weighted by Gasteiger charge is 2.22. The zero-order valence-electron chi connectivity index (χ0n) is 30.8. The van der Waals surface area contributed by atoms with E-state index in [0.717, 1.165) is 56.3 Å². The van der Waals surface area contributed by atoms with E-state index in [2.05, 4.69) is 43.1 Å². The fourth-order valence-electron chi connectivity index (χ4n) is 4.98. The normalized spacial score (nSPS) is 15.7. The summed E-state index contributed by atoms with van der Waals surface area (Å²) in [5.74, 6) is 0.598. The fourth-order valence-corrected chi connectivity index (χ4v) is 4.98. The lowest BCUT2D eigenvalue weighted by atomic mass is 10.00. The number of allylic oxidation sites excluding steroid dienone is 4. The number of fused-ring (bicyclic) bond motifs is 1. The average molecular weight is 632 g/mol. The maximum absolute atomic E-state index is 11.3. The first-order valence-electron chi connectivity index (χ1n) is 17.9. The highest BCUT2D eigenvalue weighted by molar-refractivity contribution is 6.07. The van der Waals surface area contributed by atoms with Crippen LogP contribution in [0.2, 0.25) is 0 Å². The molecule has 2 N–H and O–H groups in total. The molecular formula is C38H69N3O4. The highest BCUT2D eigenvalue weighted by atomic mass is 16.5. The molecule has 1 atom stereocenters. The van der Waals surface area contributed by atoms with Crippen LogP contribution < -0.4 is 5.32 Å². The van der Waals surface area contributed by atoms with Gasteiger partial charge in [0, 0.05) is 37.6 Å². The molecule has 7 nitrogen and oxygen atoms in total. The van der Waals surface area contributed by atoms with Gasteiger partial charge in [-0.05, 0) is 108 Å². The molecular weight excluding hydrogens is 562 g/mol. The molecule has 0 radical (unpaired) electrons. The third kappa shape index (κ3) is 21.0. The molecule has 0 spiro atoms. The van der Waals surface area contributed by atoms with E-state index < -0.39 is 12.4 Å². The van der Waals surface area contributed by atoms with Crippen molar-refractivity contribution >= 4 is 17.6 Å². The predicted molar refractivity (Wildman–Crippen MR) is 193 cm³/mol. The SMILES string of the molecule is C/C=C(C)\C(=C/C)C(=O)CC(=O)O.CC.CC.CCCCN1CCC(CCc2ccc3c(n2)NCCC3)C1.CCCOCCC. The minimum Gasteiger partial charge on any atom is -0.481 e. The summed E-state index contributed by atoms with van der Waals surface area (Å²) in [4.78, 5) is 29.0. The molecule has 0 bridgehead atoms. The molecule has 7 heteroatoms. The number of carboxylic acids is 1. The number of ether oxygens (including phenoxy) is 1. The van der Waals surface area contributed by atoms with E-state index in [-0.39, 0.29) is 5.78 Å². The summed E-state index contributed by atoms with van der Waals surface area (Å²) in [5.41, 5.74) is 3.98. The molecule has 3 rings (SSSR count). The Morgan fingerprint density at radius 3 is 2.27 bits per heavy atom. The minimum absolute atomic E-state index is 0.342. The van der Waals surface area contributed by atoms with Crippen molar-refractivity contribution in [2.45, 2.75) is 133 Å². The first-order chi connectivity index (χ1) is 21.8. The Labute approximate surface area is 277 Å². The second-order valence-corrected chi connectivity index (χ2v) is 11.0. The number of carbonyl (C=O) groups excluding carboxylic acids is 1. The van der Waals surface area contributed by atoms with E-state index in [4.69, 9.17) is 14.8 Å². The van der Waals surface area contributed by atoms with Crippen LogP contribution in [0.4, 0.5) is 5.82 Å². The molecule has 45 heavy (non-hydrogen) atoms. The van der Waals surface area contributed by atoms with Gasteiger partial charge in [-0.15, -0.1) is 0 Å². The summed E-state index contributed by atoms with van der Waals surface area (Å²) >= 11 is 0. The minimum atomic E-state index is -1.09. The number of anilines is 1.